The molecular formula is C10H10BrF2NO2. The highest BCUT2D eigenvalue weighted by molar-refractivity contribution is 9.09. The molecule has 0 amide bonds. The first kappa shape index (κ1) is 13.0. The van der Waals surface area contributed by atoms with Crippen molar-refractivity contribution in [3.05, 3.63) is 39.4 Å². The highest BCUT2D eigenvalue weighted by Gasteiger charge is 2.18. The Morgan fingerprint density at radius 1 is 1.50 bits per heavy atom. The summed E-state index contributed by atoms with van der Waals surface area (Å²) in [4.78, 5) is 9.83. The standard InChI is InChI=1S/C10H10BrF2NO2/c1-6(11)4-7-2-3-8(14(15)16)5-9(7)10(12)13/h2-3,5-6,10H,4H2,1H3. The quantitative estimate of drug-likeness (QED) is 0.481. The number of halogens is 3. The predicted octanol–water partition coefficient (Wildman–Crippen LogP) is 3.86. The average molecular weight is 294 g/mol. The van der Waals surface area contributed by atoms with E-state index in [0.717, 1.165) is 6.07 Å². The Kier molecular flexibility index (Phi) is 4.35. The Bertz CT molecular complexity index is 396. The highest BCUT2D eigenvalue weighted by Crippen LogP contribution is 2.28. The maximum Gasteiger partial charge on any atom is 0.269 e. The van der Waals surface area contributed by atoms with E-state index in [1.807, 2.05) is 6.92 Å². The van der Waals surface area contributed by atoms with Crippen molar-refractivity contribution < 1.29 is 13.7 Å². The van der Waals surface area contributed by atoms with Gasteiger partial charge in [-0.1, -0.05) is 28.9 Å². The van der Waals surface area contributed by atoms with Gasteiger partial charge in [0.25, 0.3) is 12.1 Å². The molecule has 6 heteroatoms. The summed E-state index contributed by atoms with van der Waals surface area (Å²) in [5.74, 6) is 0. The Hall–Kier alpha value is -1.04. The smallest absolute Gasteiger partial charge is 0.258 e. The van der Waals surface area contributed by atoms with E-state index in [0.29, 0.717) is 12.0 Å². The zero-order chi connectivity index (χ0) is 12.3. The minimum Gasteiger partial charge on any atom is -0.258 e. The number of rotatable bonds is 4. The van der Waals surface area contributed by atoms with E-state index in [4.69, 9.17) is 0 Å². The van der Waals surface area contributed by atoms with Gasteiger partial charge in [0.15, 0.2) is 0 Å². The summed E-state index contributed by atoms with van der Waals surface area (Å²) in [6.45, 7) is 1.83. The van der Waals surface area contributed by atoms with Gasteiger partial charge in [0.2, 0.25) is 0 Å². The number of alkyl halides is 3. The van der Waals surface area contributed by atoms with Crippen molar-refractivity contribution in [1.29, 1.82) is 0 Å². The topological polar surface area (TPSA) is 43.1 Å². The summed E-state index contributed by atoms with van der Waals surface area (Å²) in [6.07, 6.45) is -2.28. The van der Waals surface area contributed by atoms with Crippen molar-refractivity contribution in [2.24, 2.45) is 0 Å². The van der Waals surface area contributed by atoms with E-state index in [-0.39, 0.29) is 16.1 Å². The lowest BCUT2D eigenvalue weighted by Crippen LogP contribution is -2.02. The van der Waals surface area contributed by atoms with E-state index >= 15 is 0 Å². The molecule has 0 fully saturated rings. The van der Waals surface area contributed by atoms with E-state index in [2.05, 4.69) is 15.9 Å². The number of nitro groups is 1. The summed E-state index contributed by atoms with van der Waals surface area (Å²) in [5.41, 5.74) is -0.133. The number of non-ortho nitro benzene ring substituents is 1. The third-order valence-electron chi connectivity index (χ3n) is 2.08. The Morgan fingerprint density at radius 2 is 2.12 bits per heavy atom. The molecule has 0 aliphatic carbocycles. The third kappa shape index (κ3) is 3.23. The van der Waals surface area contributed by atoms with Crippen LogP contribution in [0.15, 0.2) is 18.2 Å². The van der Waals surface area contributed by atoms with Crippen LogP contribution in [0.5, 0.6) is 0 Å². The van der Waals surface area contributed by atoms with Crippen LogP contribution in [0, 0.1) is 10.1 Å². The predicted molar refractivity (Wildman–Crippen MR) is 60.1 cm³/mol. The van der Waals surface area contributed by atoms with Crippen LogP contribution >= 0.6 is 15.9 Å². The maximum atomic E-state index is 12.7. The minimum atomic E-state index is -2.69. The van der Waals surface area contributed by atoms with Gasteiger partial charge in [-0.05, 0) is 12.0 Å². The van der Waals surface area contributed by atoms with Gasteiger partial charge in [0.05, 0.1) is 4.92 Å². The molecule has 1 aromatic rings. The van der Waals surface area contributed by atoms with Gasteiger partial charge < -0.3 is 0 Å². The van der Waals surface area contributed by atoms with Crippen molar-refractivity contribution in [2.45, 2.75) is 24.6 Å². The normalized spacial score (nSPS) is 12.8. The second kappa shape index (κ2) is 5.34. The van der Waals surface area contributed by atoms with Crippen molar-refractivity contribution in [1.82, 2.24) is 0 Å². The zero-order valence-corrected chi connectivity index (χ0v) is 10.1. The number of nitrogens with zero attached hydrogens (tertiary/aromatic N) is 1. The molecule has 0 heterocycles. The van der Waals surface area contributed by atoms with Crippen LogP contribution in [0.25, 0.3) is 0 Å². The van der Waals surface area contributed by atoms with Crippen LogP contribution in [0.1, 0.15) is 24.5 Å². The van der Waals surface area contributed by atoms with E-state index in [9.17, 15) is 18.9 Å². The fraction of sp³-hybridized carbons (Fsp3) is 0.400. The summed E-state index contributed by atoms with van der Waals surface area (Å²) in [7, 11) is 0. The minimum absolute atomic E-state index is 0.0476. The fourth-order valence-electron chi connectivity index (χ4n) is 1.39. The Balaban J connectivity index is 3.14. The van der Waals surface area contributed by atoms with E-state index in [1.54, 1.807) is 0 Å². The first-order chi connectivity index (χ1) is 7.41. The third-order valence-corrected chi connectivity index (χ3v) is 2.40. The van der Waals surface area contributed by atoms with Gasteiger partial charge in [-0.15, -0.1) is 0 Å². The zero-order valence-electron chi connectivity index (χ0n) is 8.49. The van der Waals surface area contributed by atoms with Gasteiger partial charge in [-0.3, -0.25) is 10.1 Å². The molecule has 88 valence electrons. The van der Waals surface area contributed by atoms with E-state index < -0.39 is 11.3 Å². The molecule has 1 rings (SSSR count). The largest absolute Gasteiger partial charge is 0.269 e. The van der Waals surface area contributed by atoms with Crippen LogP contribution in [0.3, 0.4) is 0 Å². The van der Waals surface area contributed by atoms with Crippen LogP contribution in [0.4, 0.5) is 14.5 Å². The molecule has 1 aromatic carbocycles. The molecule has 3 nitrogen and oxygen atoms in total. The lowest BCUT2D eigenvalue weighted by molar-refractivity contribution is -0.385. The summed E-state index contributed by atoms with van der Waals surface area (Å²) in [6, 6.07) is 3.57. The molecular weight excluding hydrogens is 284 g/mol. The lowest BCUT2D eigenvalue weighted by atomic mass is 10.0. The molecule has 0 aliphatic heterocycles. The molecule has 0 radical (unpaired) electrons. The van der Waals surface area contributed by atoms with Crippen molar-refractivity contribution >= 4 is 21.6 Å². The molecule has 1 unspecified atom stereocenters. The molecule has 0 saturated carbocycles. The summed E-state index contributed by atoms with van der Waals surface area (Å²) >= 11 is 3.26. The fourth-order valence-corrected chi connectivity index (χ4v) is 1.74. The number of nitro benzene ring substituents is 1. The van der Waals surface area contributed by atoms with Crippen molar-refractivity contribution in [2.75, 3.05) is 0 Å². The summed E-state index contributed by atoms with van der Waals surface area (Å²) < 4.78 is 25.4. The lowest BCUT2D eigenvalue weighted by Gasteiger charge is -2.09. The molecule has 0 spiro atoms. The van der Waals surface area contributed by atoms with Crippen LogP contribution in [-0.4, -0.2) is 9.75 Å². The second-order valence-corrected chi connectivity index (χ2v) is 4.99. The highest BCUT2D eigenvalue weighted by atomic mass is 79.9. The first-order valence-electron chi connectivity index (χ1n) is 4.61. The summed E-state index contributed by atoms with van der Waals surface area (Å²) in [5, 5.41) is 10.5. The van der Waals surface area contributed by atoms with E-state index in [1.165, 1.54) is 12.1 Å². The molecule has 1 atom stereocenters. The number of hydrogen-bond donors (Lipinski definition) is 0. The molecule has 16 heavy (non-hydrogen) atoms. The maximum absolute atomic E-state index is 12.7. The number of hydrogen-bond acceptors (Lipinski definition) is 2. The van der Waals surface area contributed by atoms with Crippen LogP contribution < -0.4 is 0 Å². The van der Waals surface area contributed by atoms with Crippen molar-refractivity contribution in [3.8, 4) is 0 Å². The molecule has 0 saturated heterocycles. The molecule has 0 aromatic heterocycles. The number of benzene rings is 1. The van der Waals surface area contributed by atoms with Crippen LogP contribution in [0.2, 0.25) is 0 Å². The SMILES string of the molecule is CC(Br)Cc1ccc([N+](=O)[O-])cc1C(F)F. The second-order valence-electron chi connectivity index (χ2n) is 3.43. The average Bonchev–Trinajstić information content (AvgIpc) is 2.16. The monoisotopic (exact) mass is 293 g/mol. The van der Waals surface area contributed by atoms with Gasteiger partial charge in [0.1, 0.15) is 0 Å². The van der Waals surface area contributed by atoms with Gasteiger partial charge in [-0.2, -0.15) is 0 Å². The van der Waals surface area contributed by atoms with Gasteiger partial charge in [-0.25, -0.2) is 8.78 Å². The van der Waals surface area contributed by atoms with Crippen LogP contribution in [-0.2, 0) is 6.42 Å². The molecule has 0 bridgehead atoms. The Morgan fingerprint density at radius 3 is 2.56 bits per heavy atom. The molecule has 0 N–H and O–H groups in total. The first-order valence-corrected chi connectivity index (χ1v) is 5.52. The van der Waals surface area contributed by atoms with Gasteiger partial charge >= 0.3 is 0 Å². The Labute approximate surface area is 99.7 Å². The molecule has 0 aliphatic rings. The van der Waals surface area contributed by atoms with Gasteiger partial charge in [0, 0.05) is 22.5 Å². The van der Waals surface area contributed by atoms with Crippen molar-refractivity contribution in [3.63, 3.8) is 0 Å².